The summed E-state index contributed by atoms with van der Waals surface area (Å²) in [6, 6.07) is 18.2. The molecule has 3 nitrogen and oxygen atoms in total. The van der Waals surface area contributed by atoms with E-state index in [1.807, 2.05) is 57.4 Å². The molecule has 0 bridgehead atoms. The molecule has 0 aliphatic carbocycles. The number of nitrogens with one attached hydrogen (secondary N) is 1. The molecule has 0 spiro atoms. The van der Waals surface area contributed by atoms with Crippen LogP contribution in [0.2, 0.25) is 0 Å². The van der Waals surface area contributed by atoms with E-state index in [-0.39, 0.29) is 11.8 Å². The number of hydrogen-bond acceptors (Lipinski definition) is 2. The molecule has 132 valence electrons. The Bertz CT molecular complexity index is 707. The molecule has 1 amide bonds. The molecule has 0 saturated heterocycles. The highest BCUT2D eigenvalue weighted by molar-refractivity contribution is 5.84. The van der Waals surface area contributed by atoms with Crippen molar-refractivity contribution in [3.8, 4) is 0 Å². The zero-order chi connectivity index (χ0) is 18.2. The van der Waals surface area contributed by atoms with Crippen molar-refractivity contribution < 1.29 is 4.79 Å². The van der Waals surface area contributed by atoms with E-state index in [9.17, 15) is 4.79 Å². The third-order valence-electron chi connectivity index (χ3n) is 4.33. The molecular weight excluding hydrogens is 308 g/mol. The average molecular weight is 336 g/mol. The molecule has 0 heterocycles. The van der Waals surface area contributed by atoms with Gasteiger partial charge in [-0.1, -0.05) is 61.2 Å². The van der Waals surface area contributed by atoms with Crippen LogP contribution in [0, 0.1) is 0 Å². The lowest BCUT2D eigenvalue weighted by molar-refractivity contribution is -0.122. The summed E-state index contributed by atoms with van der Waals surface area (Å²) in [5.41, 5.74) is 4.14. The third-order valence-corrected chi connectivity index (χ3v) is 4.33. The van der Waals surface area contributed by atoms with Gasteiger partial charge in [-0.25, -0.2) is 0 Å². The summed E-state index contributed by atoms with van der Waals surface area (Å²) in [5.74, 6) is -0.107. The van der Waals surface area contributed by atoms with Crippen LogP contribution in [0.1, 0.15) is 36.0 Å². The van der Waals surface area contributed by atoms with Gasteiger partial charge in [0.05, 0.1) is 5.92 Å². The highest BCUT2D eigenvalue weighted by Gasteiger charge is 2.15. The Hall–Kier alpha value is -2.39. The number of benzene rings is 2. The van der Waals surface area contributed by atoms with Crippen molar-refractivity contribution in [2.75, 3.05) is 27.2 Å². The van der Waals surface area contributed by atoms with Gasteiger partial charge in [-0.05, 0) is 56.2 Å². The lowest BCUT2D eigenvalue weighted by Gasteiger charge is -2.15. The second-order valence-electron chi connectivity index (χ2n) is 6.64. The van der Waals surface area contributed by atoms with E-state index in [0.717, 1.165) is 35.2 Å². The van der Waals surface area contributed by atoms with Gasteiger partial charge in [-0.2, -0.15) is 0 Å². The molecule has 0 aliphatic heterocycles. The average Bonchev–Trinajstić information content (AvgIpc) is 2.64. The minimum atomic E-state index is -0.178. The Morgan fingerprint density at radius 3 is 2.44 bits per heavy atom. The highest BCUT2D eigenvalue weighted by Crippen LogP contribution is 2.25. The quantitative estimate of drug-likeness (QED) is 0.741. The zero-order valence-electron chi connectivity index (χ0n) is 15.5. The molecule has 0 radical (unpaired) electrons. The van der Waals surface area contributed by atoms with Gasteiger partial charge < -0.3 is 10.2 Å². The second-order valence-corrected chi connectivity index (χ2v) is 6.64. The molecule has 0 aliphatic rings. The zero-order valence-corrected chi connectivity index (χ0v) is 15.5. The third kappa shape index (κ3) is 5.57. The van der Waals surface area contributed by atoms with E-state index in [4.69, 9.17) is 0 Å². The first kappa shape index (κ1) is 18.9. The number of hydrogen-bond donors (Lipinski definition) is 1. The highest BCUT2D eigenvalue weighted by atomic mass is 16.1. The fourth-order valence-corrected chi connectivity index (χ4v) is 2.71. The fraction of sp³-hybridized carbons (Fsp3) is 0.318. The number of amides is 1. The number of carbonyl (C=O) groups is 1. The Labute approximate surface area is 151 Å². The van der Waals surface area contributed by atoms with Crippen LogP contribution in [0.25, 0.3) is 5.57 Å². The van der Waals surface area contributed by atoms with Crippen molar-refractivity contribution >= 4 is 11.5 Å². The molecule has 0 aromatic heterocycles. The smallest absolute Gasteiger partial charge is 0.227 e. The molecule has 0 unspecified atom stereocenters. The van der Waals surface area contributed by atoms with Crippen molar-refractivity contribution in [2.24, 2.45) is 0 Å². The first-order valence-corrected chi connectivity index (χ1v) is 8.76. The predicted molar refractivity (Wildman–Crippen MR) is 106 cm³/mol. The van der Waals surface area contributed by atoms with E-state index in [2.05, 4.69) is 35.0 Å². The van der Waals surface area contributed by atoms with Crippen LogP contribution in [0.4, 0.5) is 0 Å². The standard InChI is InChI=1S/C22H28N2O/c1-17(19-10-6-5-7-11-19)20-12-8-13-21(16-20)18(2)22(25)23-14-9-15-24(3)4/h5-8,10-13,16,18H,1,9,14-15H2,2-4H3,(H,23,25)/t18-/m1/s1. The maximum atomic E-state index is 12.4. The fourth-order valence-electron chi connectivity index (χ4n) is 2.71. The molecule has 1 atom stereocenters. The molecule has 2 aromatic carbocycles. The maximum Gasteiger partial charge on any atom is 0.227 e. The number of carbonyl (C=O) groups excluding carboxylic acids is 1. The van der Waals surface area contributed by atoms with E-state index < -0.39 is 0 Å². The van der Waals surface area contributed by atoms with Gasteiger partial charge in [0.1, 0.15) is 0 Å². The van der Waals surface area contributed by atoms with Gasteiger partial charge in [0.2, 0.25) is 5.91 Å². The monoisotopic (exact) mass is 336 g/mol. The lowest BCUT2D eigenvalue weighted by Crippen LogP contribution is -2.30. The topological polar surface area (TPSA) is 32.3 Å². The Balaban J connectivity index is 2.02. The van der Waals surface area contributed by atoms with Crippen LogP contribution in [0.15, 0.2) is 61.2 Å². The number of rotatable bonds is 8. The van der Waals surface area contributed by atoms with Gasteiger partial charge in [-0.3, -0.25) is 4.79 Å². The summed E-state index contributed by atoms with van der Waals surface area (Å²) < 4.78 is 0. The van der Waals surface area contributed by atoms with E-state index in [1.165, 1.54) is 0 Å². The van der Waals surface area contributed by atoms with Gasteiger partial charge in [0, 0.05) is 6.54 Å². The van der Waals surface area contributed by atoms with Gasteiger partial charge in [0.25, 0.3) is 0 Å². The first-order valence-electron chi connectivity index (χ1n) is 8.76. The summed E-state index contributed by atoms with van der Waals surface area (Å²) in [6.45, 7) is 7.84. The molecule has 3 heteroatoms. The Morgan fingerprint density at radius 2 is 1.76 bits per heavy atom. The normalized spacial score (nSPS) is 12.0. The van der Waals surface area contributed by atoms with Crippen molar-refractivity contribution in [2.45, 2.75) is 19.3 Å². The van der Waals surface area contributed by atoms with Crippen LogP contribution in [-0.2, 0) is 4.79 Å². The first-order chi connectivity index (χ1) is 12.0. The van der Waals surface area contributed by atoms with Crippen LogP contribution in [0.5, 0.6) is 0 Å². The van der Waals surface area contributed by atoms with Crippen LogP contribution in [0.3, 0.4) is 0 Å². The van der Waals surface area contributed by atoms with Crippen LogP contribution in [-0.4, -0.2) is 38.0 Å². The van der Waals surface area contributed by atoms with Crippen LogP contribution >= 0.6 is 0 Å². The largest absolute Gasteiger partial charge is 0.356 e. The minimum absolute atomic E-state index is 0.0706. The molecule has 2 rings (SSSR count). The van der Waals surface area contributed by atoms with E-state index in [1.54, 1.807) is 0 Å². The van der Waals surface area contributed by atoms with Crippen molar-refractivity contribution in [1.82, 2.24) is 10.2 Å². The van der Waals surface area contributed by atoms with Gasteiger partial charge in [0.15, 0.2) is 0 Å². The summed E-state index contributed by atoms with van der Waals surface area (Å²) in [5, 5.41) is 3.03. The second kappa shape index (κ2) is 9.19. The van der Waals surface area contributed by atoms with Crippen molar-refractivity contribution in [1.29, 1.82) is 0 Å². The number of nitrogens with zero attached hydrogens (tertiary/aromatic N) is 1. The summed E-state index contributed by atoms with van der Waals surface area (Å²) in [7, 11) is 4.07. The lowest BCUT2D eigenvalue weighted by atomic mass is 9.93. The Kier molecular flexibility index (Phi) is 6.96. The van der Waals surface area contributed by atoms with Gasteiger partial charge >= 0.3 is 0 Å². The summed E-state index contributed by atoms with van der Waals surface area (Å²) in [6.07, 6.45) is 0.955. The minimum Gasteiger partial charge on any atom is -0.356 e. The predicted octanol–water partition coefficient (Wildman–Crippen LogP) is 3.92. The summed E-state index contributed by atoms with van der Waals surface area (Å²) >= 11 is 0. The molecule has 25 heavy (non-hydrogen) atoms. The van der Waals surface area contributed by atoms with Crippen molar-refractivity contribution in [3.63, 3.8) is 0 Å². The summed E-state index contributed by atoms with van der Waals surface area (Å²) in [4.78, 5) is 14.5. The molecule has 2 aromatic rings. The van der Waals surface area contributed by atoms with Crippen molar-refractivity contribution in [3.05, 3.63) is 77.9 Å². The Morgan fingerprint density at radius 1 is 1.08 bits per heavy atom. The van der Waals surface area contributed by atoms with E-state index >= 15 is 0 Å². The molecule has 1 N–H and O–H groups in total. The maximum absolute atomic E-state index is 12.4. The SMILES string of the molecule is C=C(c1ccccc1)c1cccc([C@@H](C)C(=O)NCCCN(C)C)c1. The molecule has 0 fully saturated rings. The van der Waals surface area contributed by atoms with Crippen LogP contribution < -0.4 is 5.32 Å². The molecule has 0 saturated carbocycles. The van der Waals surface area contributed by atoms with E-state index in [0.29, 0.717) is 6.54 Å². The van der Waals surface area contributed by atoms with Gasteiger partial charge in [-0.15, -0.1) is 0 Å². The molecular formula is C22H28N2O.